The van der Waals surface area contributed by atoms with Crippen molar-refractivity contribution in [1.29, 1.82) is 0 Å². The Balaban J connectivity index is 2.99. The maximum Gasteiger partial charge on any atom is 0.475 e. The van der Waals surface area contributed by atoms with E-state index in [1.54, 1.807) is 0 Å². The molecule has 0 spiro atoms. The van der Waals surface area contributed by atoms with Crippen molar-refractivity contribution in [3.63, 3.8) is 0 Å². The fraction of sp³-hybridized carbons (Fsp3) is 0.400. The summed E-state index contributed by atoms with van der Waals surface area (Å²) in [5.74, 6) is -1.71. The Bertz CT molecular complexity index is 735. The fourth-order valence-electron chi connectivity index (χ4n) is 2.62. The summed E-state index contributed by atoms with van der Waals surface area (Å²) in [6.45, 7) is 8.62. The van der Waals surface area contributed by atoms with E-state index in [9.17, 15) is 19.6 Å². The predicted octanol–water partition coefficient (Wildman–Crippen LogP) is 0.889. The second-order valence-electron chi connectivity index (χ2n) is 7.07. The van der Waals surface area contributed by atoms with Crippen molar-refractivity contribution in [3.8, 4) is 0 Å². The van der Waals surface area contributed by atoms with Crippen LogP contribution in [0.2, 0.25) is 0 Å². The number of benzene rings is 1. The number of amides is 2. The van der Waals surface area contributed by atoms with Gasteiger partial charge in [-0.2, -0.15) is 0 Å². The minimum absolute atomic E-state index is 0.142. The SMILES string of the molecule is C=N/C=C\N=C(C)C(=O)N[C@@H](Cc1ccccc1)C(=O)N[C@@H](CC(C)C)B(O)O. The summed E-state index contributed by atoms with van der Waals surface area (Å²) in [5, 5.41) is 24.5. The molecule has 1 aromatic carbocycles. The van der Waals surface area contributed by atoms with Crippen LogP contribution in [0.1, 0.15) is 32.8 Å². The van der Waals surface area contributed by atoms with E-state index in [1.165, 1.54) is 19.3 Å². The van der Waals surface area contributed by atoms with Crippen LogP contribution in [0.3, 0.4) is 0 Å². The largest absolute Gasteiger partial charge is 0.475 e. The van der Waals surface area contributed by atoms with Crippen molar-refractivity contribution in [1.82, 2.24) is 10.6 Å². The molecule has 0 aromatic heterocycles. The van der Waals surface area contributed by atoms with Crippen LogP contribution in [-0.2, 0) is 16.0 Å². The molecule has 8 nitrogen and oxygen atoms in total. The van der Waals surface area contributed by atoms with Gasteiger partial charge in [0, 0.05) is 18.8 Å². The van der Waals surface area contributed by atoms with Crippen LogP contribution < -0.4 is 10.6 Å². The second-order valence-corrected chi connectivity index (χ2v) is 7.07. The first-order valence-corrected chi connectivity index (χ1v) is 9.41. The van der Waals surface area contributed by atoms with E-state index in [4.69, 9.17) is 0 Å². The number of carbonyl (C=O) groups excluding carboxylic acids is 2. The van der Waals surface area contributed by atoms with E-state index in [0.29, 0.717) is 6.42 Å². The molecule has 29 heavy (non-hydrogen) atoms. The third-order valence-electron chi connectivity index (χ3n) is 4.09. The molecule has 0 bridgehead atoms. The third-order valence-corrected chi connectivity index (χ3v) is 4.09. The Labute approximate surface area is 172 Å². The average molecular weight is 400 g/mol. The molecule has 0 radical (unpaired) electrons. The summed E-state index contributed by atoms with van der Waals surface area (Å²) in [7, 11) is -1.70. The monoisotopic (exact) mass is 400 g/mol. The number of hydrogen-bond donors (Lipinski definition) is 4. The lowest BCUT2D eigenvalue weighted by molar-refractivity contribution is -0.126. The molecule has 2 atom stereocenters. The van der Waals surface area contributed by atoms with Crippen LogP contribution in [0.15, 0.2) is 52.7 Å². The van der Waals surface area contributed by atoms with Crippen LogP contribution in [0.5, 0.6) is 0 Å². The van der Waals surface area contributed by atoms with Gasteiger partial charge in [-0.3, -0.25) is 19.6 Å². The van der Waals surface area contributed by atoms with Gasteiger partial charge in [-0.1, -0.05) is 44.2 Å². The second kappa shape index (κ2) is 12.6. The predicted molar refractivity (Wildman–Crippen MR) is 115 cm³/mol. The summed E-state index contributed by atoms with van der Waals surface area (Å²) in [4.78, 5) is 32.7. The lowest BCUT2D eigenvalue weighted by Gasteiger charge is -2.24. The first-order valence-electron chi connectivity index (χ1n) is 9.41. The summed E-state index contributed by atoms with van der Waals surface area (Å²) in [6.07, 6.45) is 3.29. The van der Waals surface area contributed by atoms with Crippen molar-refractivity contribution < 1.29 is 19.6 Å². The molecule has 4 N–H and O–H groups in total. The molecular weight excluding hydrogens is 371 g/mol. The van der Waals surface area contributed by atoms with Gasteiger partial charge in [0.2, 0.25) is 5.91 Å². The van der Waals surface area contributed by atoms with Crippen molar-refractivity contribution in [2.24, 2.45) is 15.9 Å². The Kier molecular flexibility index (Phi) is 10.6. The summed E-state index contributed by atoms with van der Waals surface area (Å²) < 4.78 is 0. The molecule has 0 unspecified atom stereocenters. The molecular formula is C20H29BN4O4. The van der Waals surface area contributed by atoms with Gasteiger partial charge < -0.3 is 20.7 Å². The summed E-state index contributed by atoms with van der Waals surface area (Å²) in [6, 6.07) is 8.31. The Hall–Kier alpha value is -2.78. The van der Waals surface area contributed by atoms with Crippen molar-refractivity contribution in [2.75, 3.05) is 0 Å². The van der Waals surface area contributed by atoms with Gasteiger partial charge in [0.1, 0.15) is 11.8 Å². The number of nitrogens with zero attached hydrogens (tertiary/aromatic N) is 2. The van der Waals surface area contributed by atoms with Gasteiger partial charge in [0.05, 0.1) is 5.94 Å². The van der Waals surface area contributed by atoms with Gasteiger partial charge in [0.25, 0.3) is 5.91 Å². The highest BCUT2D eigenvalue weighted by Crippen LogP contribution is 2.08. The first-order chi connectivity index (χ1) is 13.7. The van der Waals surface area contributed by atoms with Gasteiger partial charge in [0.15, 0.2) is 0 Å². The Morgan fingerprint density at radius 2 is 1.83 bits per heavy atom. The molecule has 1 aromatic rings. The normalized spacial score (nSPS) is 13.8. The molecule has 0 saturated carbocycles. The molecule has 0 aliphatic rings. The highest BCUT2D eigenvalue weighted by atomic mass is 16.4. The van der Waals surface area contributed by atoms with Gasteiger partial charge in [-0.15, -0.1) is 0 Å². The van der Waals surface area contributed by atoms with E-state index >= 15 is 0 Å². The van der Waals surface area contributed by atoms with E-state index < -0.39 is 30.9 Å². The third kappa shape index (κ3) is 9.31. The highest BCUT2D eigenvalue weighted by Gasteiger charge is 2.30. The number of hydrogen-bond acceptors (Lipinski definition) is 6. The summed E-state index contributed by atoms with van der Waals surface area (Å²) in [5.41, 5.74) is 1.000. The molecule has 9 heteroatoms. The van der Waals surface area contributed by atoms with Crippen molar-refractivity contribution >= 4 is 31.4 Å². The number of aliphatic imine (C=N–C) groups is 2. The van der Waals surface area contributed by atoms with Gasteiger partial charge in [-0.05, 0) is 31.5 Å². The maximum atomic E-state index is 12.8. The molecule has 0 saturated heterocycles. The maximum absolute atomic E-state index is 12.8. The number of nitrogens with one attached hydrogen (secondary N) is 2. The van der Waals surface area contributed by atoms with Crippen LogP contribution in [0.25, 0.3) is 0 Å². The Morgan fingerprint density at radius 3 is 2.38 bits per heavy atom. The zero-order chi connectivity index (χ0) is 21.8. The molecule has 0 fully saturated rings. The van der Waals surface area contributed by atoms with Crippen LogP contribution in [0.4, 0.5) is 0 Å². The zero-order valence-corrected chi connectivity index (χ0v) is 17.1. The quantitative estimate of drug-likeness (QED) is 0.325. The molecule has 2 amide bonds. The highest BCUT2D eigenvalue weighted by molar-refractivity contribution is 6.43. The van der Waals surface area contributed by atoms with E-state index in [2.05, 4.69) is 27.3 Å². The van der Waals surface area contributed by atoms with Crippen LogP contribution >= 0.6 is 0 Å². The standard InChI is InChI=1S/C20H29BN4O4/c1-14(2)12-18(21(28)29)25-20(27)17(13-16-8-6-5-7-9-16)24-19(26)15(3)23-11-10-22-4/h5-11,14,17-18,28-29H,4,12-13H2,1-3H3,(H,24,26)(H,25,27)/b11-10-,23-15?/t17-,18-/m0/s1. The molecule has 0 aliphatic carbocycles. The zero-order valence-electron chi connectivity index (χ0n) is 17.1. The molecule has 1 rings (SSSR count). The number of carbonyl (C=O) groups is 2. The average Bonchev–Trinajstić information content (AvgIpc) is 2.67. The molecule has 156 valence electrons. The fourth-order valence-corrected chi connectivity index (χ4v) is 2.62. The summed E-state index contributed by atoms with van der Waals surface area (Å²) >= 11 is 0. The molecule has 0 aliphatic heterocycles. The minimum atomic E-state index is -1.70. The van der Waals surface area contributed by atoms with E-state index in [0.717, 1.165) is 5.56 Å². The number of rotatable bonds is 11. The van der Waals surface area contributed by atoms with Crippen LogP contribution in [0, 0.1) is 5.92 Å². The smallest absolute Gasteiger partial charge is 0.426 e. The van der Waals surface area contributed by atoms with Gasteiger partial charge >= 0.3 is 7.12 Å². The molecule has 0 heterocycles. The first kappa shape index (κ1) is 24.3. The lowest BCUT2D eigenvalue weighted by Crippen LogP contribution is -2.55. The van der Waals surface area contributed by atoms with Crippen molar-refractivity contribution in [2.45, 2.75) is 45.6 Å². The minimum Gasteiger partial charge on any atom is -0.426 e. The van der Waals surface area contributed by atoms with Gasteiger partial charge in [-0.25, -0.2) is 0 Å². The topological polar surface area (TPSA) is 123 Å². The van der Waals surface area contributed by atoms with E-state index in [1.807, 2.05) is 44.2 Å². The Morgan fingerprint density at radius 1 is 1.17 bits per heavy atom. The van der Waals surface area contributed by atoms with Crippen LogP contribution in [-0.4, -0.2) is 53.4 Å². The van der Waals surface area contributed by atoms with Crippen molar-refractivity contribution in [3.05, 3.63) is 48.3 Å². The van der Waals surface area contributed by atoms with E-state index in [-0.39, 0.29) is 18.1 Å². The lowest BCUT2D eigenvalue weighted by atomic mass is 9.75.